The predicted molar refractivity (Wildman–Crippen MR) is 90.9 cm³/mol. The van der Waals surface area contributed by atoms with Gasteiger partial charge in [0.25, 0.3) is 0 Å². The van der Waals surface area contributed by atoms with Crippen LogP contribution in [0.3, 0.4) is 0 Å². The van der Waals surface area contributed by atoms with E-state index in [4.69, 9.17) is 0 Å². The zero-order valence-electron chi connectivity index (χ0n) is 12.2. The third kappa shape index (κ3) is 5.75. The fourth-order valence-electron chi connectivity index (χ4n) is 1.74. The van der Waals surface area contributed by atoms with E-state index < -0.39 is 10.0 Å². The molecule has 1 amide bonds. The maximum atomic E-state index is 12.1. The van der Waals surface area contributed by atoms with Crippen LogP contribution in [0.1, 0.15) is 6.42 Å². The van der Waals surface area contributed by atoms with Gasteiger partial charge in [0.15, 0.2) is 0 Å². The largest absolute Gasteiger partial charge is 0.335 e. The summed E-state index contributed by atoms with van der Waals surface area (Å²) in [6.07, 6.45) is 3.32. The standard InChI is InChI=1S/C15H19BrN2O3S/c1-3-11-18(12-4-2)15(19)9-10-17-22(20,21)14-7-5-13(16)6-8-14/h3-8,17H,1-2,9-12H2. The third-order valence-electron chi connectivity index (χ3n) is 2.81. The Hall–Kier alpha value is -1.44. The number of sulfonamides is 1. The van der Waals surface area contributed by atoms with Crippen LogP contribution in [0.2, 0.25) is 0 Å². The number of hydrogen-bond donors (Lipinski definition) is 1. The van der Waals surface area contributed by atoms with Gasteiger partial charge in [-0.25, -0.2) is 13.1 Å². The monoisotopic (exact) mass is 386 g/mol. The van der Waals surface area contributed by atoms with Crippen LogP contribution in [0, 0.1) is 0 Å². The lowest BCUT2D eigenvalue weighted by Gasteiger charge is -2.19. The Bertz CT molecular complexity index is 617. The van der Waals surface area contributed by atoms with Gasteiger partial charge in [0.05, 0.1) is 4.90 Å². The second-order valence-corrected chi connectivity index (χ2v) is 7.16. The summed E-state index contributed by atoms with van der Waals surface area (Å²) in [6, 6.07) is 6.29. The first-order chi connectivity index (χ1) is 10.4. The number of halogens is 1. The minimum atomic E-state index is -3.60. The maximum Gasteiger partial charge on any atom is 0.240 e. The summed E-state index contributed by atoms with van der Waals surface area (Å²) in [5.41, 5.74) is 0. The normalized spacial score (nSPS) is 11.0. The molecule has 0 spiro atoms. The van der Waals surface area contributed by atoms with E-state index in [0.29, 0.717) is 13.1 Å². The van der Waals surface area contributed by atoms with E-state index in [-0.39, 0.29) is 23.8 Å². The van der Waals surface area contributed by atoms with Gasteiger partial charge in [0.2, 0.25) is 15.9 Å². The molecule has 7 heteroatoms. The van der Waals surface area contributed by atoms with E-state index in [9.17, 15) is 13.2 Å². The molecule has 0 aliphatic rings. The maximum absolute atomic E-state index is 12.1. The van der Waals surface area contributed by atoms with Crippen molar-refractivity contribution in [2.24, 2.45) is 0 Å². The minimum Gasteiger partial charge on any atom is -0.335 e. The van der Waals surface area contributed by atoms with Crippen molar-refractivity contribution in [2.75, 3.05) is 19.6 Å². The van der Waals surface area contributed by atoms with Gasteiger partial charge >= 0.3 is 0 Å². The second-order valence-electron chi connectivity index (χ2n) is 4.48. The molecule has 0 unspecified atom stereocenters. The van der Waals surface area contributed by atoms with E-state index in [1.54, 1.807) is 29.2 Å². The van der Waals surface area contributed by atoms with Crippen LogP contribution < -0.4 is 4.72 Å². The Morgan fingerprint density at radius 2 is 1.73 bits per heavy atom. The molecule has 0 saturated heterocycles. The molecule has 0 heterocycles. The molecule has 120 valence electrons. The van der Waals surface area contributed by atoms with Crippen molar-refractivity contribution in [3.8, 4) is 0 Å². The van der Waals surface area contributed by atoms with Gasteiger partial charge in [-0.05, 0) is 24.3 Å². The summed E-state index contributed by atoms with van der Waals surface area (Å²) in [4.78, 5) is 13.7. The number of amides is 1. The minimum absolute atomic E-state index is 0.0437. The van der Waals surface area contributed by atoms with Crippen LogP contribution in [0.15, 0.2) is 58.9 Å². The van der Waals surface area contributed by atoms with Gasteiger partial charge in [0, 0.05) is 30.5 Å². The van der Waals surface area contributed by atoms with Gasteiger partial charge in [-0.15, -0.1) is 13.2 Å². The van der Waals surface area contributed by atoms with Crippen molar-refractivity contribution < 1.29 is 13.2 Å². The number of carbonyl (C=O) groups excluding carboxylic acids is 1. The molecule has 1 rings (SSSR count). The highest BCUT2D eigenvalue weighted by molar-refractivity contribution is 9.10. The molecule has 5 nitrogen and oxygen atoms in total. The van der Waals surface area contributed by atoms with E-state index in [1.807, 2.05) is 0 Å². The van der Waals surface area contributed by atoms with Crippen LogP contribution in [-0.4, -0.2) is 38.9 Å². The Morgan fingerprint density at radius 3 is 2.23 bits per heavy atom. The molecular weight excluding hydrogens is 368 g/mol. The molecule has 1 aromatic carbocycles. The van der Waals surface area contributed by atoms with Crippen molar-refractivity contribution in [3.63, 3.8) is 0 Å². The number of carbonyl (C=O) groups is 1. The molecule has 0 fully saturated rings. The Balaban J connectivity index is 2.58. The van der Waals surface area contributed by atoms with Gasteiger partial charge in [-0.3, -0.25) is 4.79 Å². The fraction of sp³-hybridized carbons (Fsp3) is 0.267. The molecule has 1 N–H and O–H groups in total. The molecule has 0 aliphatic heterocycles. The van der Waals surface area contributed by atoms with Gasteiger partial charge < -0.3 is 4.90 Å². The fourth-order valence-corrected chi connectivity index (χ4v) is 3.03. The lowest BCUT2D eigenvalue weighted by atomic mass is 10.3. The van der Waals surface area contributed by atoms with E-state index >= 15 is 0 Å². The number of hydrogen-bond acceptors (Lipinski definition) is 3. The molecule has 0 radical (unpaired) electrons. The van der Waals surface area contributed by atoms with Gasteiger partial charge in [0.1, 0.15) is 0 Å². The molecule has 1 aromatic rings. The van der Waals surface area contributed by atoms with Crippen molar-refractivity contribution in [3.05, 3.63) is 54.0 Å². The van der Waals surface area contributed by atoms with Gasteiger partial charge in [-0.2, -0.15) is 0 Å². The molecule has 0 aromatic heterocycles. The van der Waals surface area contributed by atoms with Crippen molar-refractivity contribution in [1.82, 2.24) is 9.62 Å². The average molecular weight is 387 g/mol. The highest BCUT2D eigenvalue weighted by Gasteiger charge is 2.15. The Morgan fingerprint density at radius 1 is 1.18 bits per heavy atom. The van der Waals surface area contributed by atoms with E-state index in [2.05, 4.69) is 33.8 Å². The Labute approximate surface area is 139 Å². The first-order valence-electron chi connectivity index (χ1n) is 6.65. The summed E-state index contributed by atoms with van der Waals surface area (Å²) < 4.78 is 27.3. The average Bonchev–Trinajstić information content (AvgIpc) is 2.47. The van der Waals surface area contributed by atoms with E-state index in [1.165, 1.54) is 12.1 Å². The van der Waals surface area contributed by atoms with Crippen molar-refractivity contribution >= 4 is 31.9 Å². The summed E-state index contributed by atoms with van der Waals surface area (Å²) in [6.45, 7) is 8.03. The van der Waals surface area contributed by atoms with Crippen molar-refractivity contribution in [2.45, 2.75) is 11.3 Å². The number of nitrogens with zero attached hydrogens (tertiary/aromatic N) is 1. The zero-order chi connectivity index (χ0) is 16.6. The smallest absolute Gasteiger partial charge is 0.240 e. The Kier molecular flexibility index (Phi) is 7.50. The molecule has 0 aliphatic carbocycles. The summed E-state index contributed by atoms with van der Waals surface area (Å²) in [5.74, 6) is -0.154. The predicted octanol–water partition coefficient (Wildman–Crippen LogP) is 2.32. The lowest BCUT2D eigenvalue weighted by molar-refractivity contribution is -0.130. The highest BCUT2D eigenvalue weighted by atomic mass is 79.9. The third-order valence-corrected chi connectivity index (χ3v) is 4.81. The first-order valence-corrected chi connectivity index (χ1v) is 8.93. The topological polar surface area (TPSA) is 66.5 Å². The molecule has 0 saturated carbocycles. The first kappa shape index (κ1) is 18.6. The van der Waals surface area contributed by atoms with Crippen LogP contribution in [0.4, 0.5) is 0 Å². The SMILES string of the molecule is C=CCN(CC=C)C(=O)CCNS(=O)(=O)c1ccc(Br)cc1. The van der Waals surface area contributed by atoms with Gasteiger partial charge in [-0.1, -0.05) is 28.1 Å². The van der Waals surface area contributed by atoms with Crippen LogP contribution in [0.5, 0.6) is 0 Å². The zero-order valence-corrected chi connectivity index (χ0v) is 14.6. The molecule has 0 atom stereocenters. The molecule has 0 bridgehead atoms. The number of nitrogens with one attached hydrogen (secondary N) is 1. The van der Waals surface area contributed by atoms with Crippen LogP contribution >= 0.6 is 15.9 Å². The number of rotatable bonds is 9. The van der Waals surface area contributed by atoms with E-state index in [0.717, 1.165) is 4.47 Å². The molecule has 22 heavy (non-hydrogen) atoms. The van der Waals surface area contributed by atoms with Crippen LogP contribution in [0.25, 0.3) is 0 Å². The summed E-state index contributed by atoms with van der Waals surface area (Å²) >= 11 is 3.25. The summed E-state index contributed by atoms with van der Waals surface area (Å²) in [5, 5.41) is 0. The summed E-state index contributed by atoms with van der Waals surface area (Å²) in [7, 11) is -3.60. The number of benzene rings is 1. The quantitative estimate of drug-likeness (QED) is 0.662. The highest BCUT2D eigenvalue weighted by Crippen LogP contribution is 2.14. The lowest BCUT2D eigenvalue weighted by Crippen LogP contribution is -2.34. The molecular formula is C15H19BrN2O3S. The van der Waals surface area contributed by atoms with Crippen LogP contribution in [-0.2, 0) is 14.8 Å². The van der Waals surface area contributed by atoms with Crippen molar-refractivity contribution in [1.29, 1.82) is 0 Å². The second kappa shape index (κ2) is 8.87.